The zero-order valence-electron chi connectivity index (χ0n) is 16.8. The van der Waals surface area contributed by atoms with Gasteiger partial charge >= 0.3 is 0 Å². The predicted octanol–water partition coefficient (Wildman–Crippen LogP) is 5.14. The highest BCUT2D eigenvalue weighted by Gasteiger charge is 2.11. The fourth-order valence-corrected chi connectivity index (χ4v) is 2.73. The van der Waals surface area contributed by atoms with Crippen LogP contribution in [0, 0.1) is 0 Å². The quantitative estimate of drug-likeness (QED) is 0.555. The Labute approximate surface area is 175 Å². The summed E-state index contributed by atoms with van der Waals surface area (Å²) in [5.41, 5.74) is 1.90. The topological polar surface area (TPSA) is 76.7 Å². The Bertz CT molecular complexity index is 896. The largest absolute Gasteiger partial charge is 0.493 e. The van der Waals surface area contributed by atoms with Crippen molar-refractivity contribution in [3.63, 3.8) is 0 Å². The number of benzene rings is 2. The van der Waals surface area contributed by atoms with Crippen molar-refractivity contribution < 1.29 is 19.1 Å². The number of hydrogen-bond acceptors (Lipinski definition) is 4. The molecule has 0 aliphatic rings. The fraction of sp³-hybridized carbons (Fsp3) is 0.273. The summed E-state index contributed by atoms with van der Waals surface area (Å²) in [6, 6.07) is 10.4. The molecule has 0 radical (unpaired) electrons. The van der Waals surface area contributed by atoms with Crippen LogP contribution in [0.5, 0.6) is 11.5 Å². The van der Waals surface area contributed by atoms with Crippen molar-refractivity contribution in [2.75, 3.05) is 24.4 Å². The third-order valence-electron chi connectivity index (χ3n) is 3.86. The van der Waals surface area contributed by atoms with E-state index >= 15 is 0 Å². The van der Waals surface area contributed by atoms with E-state index in [-0.39, 0.29) is 11.8 Å². The van der Waals surface area contributed by atoms with Crippen LogP contribution in [0.2, 0.25) is 5.02 Å². The number of carbonyl (C=O) groups is 2. The summed E-state index contributed by atoms with van der Waals surface area (Å²) < 4.78 is 11.0. The molecule has 7 heteroatoms. The fourth-order valence-electron chi connectivity index (χ4n) is 2.46. The molecule has 0 spiro atoms. The van der Waals surface area contributed by atoms with E-state index in [2.05, 4.69) is 10.6 Å². The molecule has 0 aromatic heterocycles. The number of ether oxygens (including phenoxy) is 2. The lowest BCUT2D eigenvalue weighted by atomic mass is 10.2. The molecule has 2 rings (SSSR count). The molecule has 2 aromatic rings. The highest BCUT2D eigenvalue weighted by molar-refractivity contribution is 6.32. The van der Waals surface area contributed by atoms with E-state index in [1.165, 1.54) is 13.2 Å². The molecule has 2 amide bonds. The van der Waals surface area contributed by atoms with Gasteiger partial charge in [-0.2, -0.15) is 0 Å². The SMILES string of the molecule is CCCOc1c(Cl)cc(/C=C/C(=O)Nc2cccc(NC(=O)CC)c2)cc1OC. The molecule has 2 aromatic carbocycles. The maximum absolute atomic E-state index is 12.2. The van der Waals surface area contributed by atoms with Crippen LogP contribution in [-0.2, 0) is 9.59 Å². The molecule has 2 N–H and O–H groups in total. The Balaban J connectivity index is 2.08. The zero-order chi connectivity index (χ0) is 21.2. The minimum Gasteiger partial charge on any atom is -0.493 e. The Morgan fingerprint density at radius 2 is 1.83 bits per heavy atom. The van der Waals surface area contributed by atoms with Crippen molar-refractivity contribution in [1.82, 2.24) is 0 Å². The highest BCUT2D eigenvalue weighted by atomic mass is 35.5. The van der Waals surface area contributed by atoms with Gasteiger partial charge in [-0.05, 0) is 48.4 Å². The number of hydrogen-bond donors (Lipinski definition) is 2. The van der Waals surface area contributed by atoms with E-state index < -0.39 is 0 Å². The summed E-state index contributed by atoms with van der Waals surface area (Å²) in [5.74, 6) is 0.588. The minimum atomic E-state index is -0.314. The summed E-state index contributed by atoms with van der Waals surface area (Å²) in [7, 11) is 1.54. The smallest absolute Gasteiger partial charge is 0.248 e. The Kier molecular flexibility index (Phi) is 8.55. The molecule has 0 aliphatic carbocycles. The molecule has 0 heterocycles. The second kappa shape index (κ2) is 11.1. The van der Waals surface area contributed by atoms with Crippen LogP contribution in [0.25, 0.3) is 6.08 Å². The number of halogens is 1. The first-order valence-electron chi connectivity index (χ1n) is 9.36. The molecule has 0 aliphatic heterocycles. The van der Waals surface area contributed by atoms with Crippen LogP contribution < -0.4 is 20.1 Å². The predicted molar refractivity (Wildman–Crippen MR) is 117 cm³/mol. The van der Waals surface area contributed by atoms with E-state index in [0.29, 0.717) is 46.5 Å². The van der Waals surface area contributed by atoms with Gasteiger partial charge in [0.2, 0.25) is 11.8 Å². The lowest BCUT2D eigenvalue weighted by molar-refractivity contribution is -0.116. The molecule has 0 fully saturated rings. The number of methoxy groups -OCH3 is 1. The molecule has 6 nitrogen and oxygen atoms in total. The summed E-state index contributed by atoms with van der Waals surface area (Å²) in [5, 5.41) is 5.93. The lowest BCUT2D eigenvalue weighted by Crippen LogP contribution is -2.11. The Morgan fingerprint density at radius 3 is 2.48 bits per heavy atom. The monoisotopic (exact) mass is 416 g/mol. The van der Waals surface area contributed by atoms with E-state index in [1.54, 1.807) is 49.4 Å². The van der Waals surface area contributed by atoms with Crippen molar-refractivity contribution in [3.8, 4) is 11.5 Å². The van der Waals surface area contributed by atoms with Gasteiger partial charge in [-0.25, -0.2) is 0 Å². The maximum Gasteiger partial charge on any atom is 0.248 e. The summed E-state index contributed by atoms with van der Waals surface area (Å²) >= 11 is 6.29. The van der Waals surface area contributed by atoms with Crippen molar-refractivity contribution in [2.45, 2.75) is 26.7 Å². The van der Waals surface area contributed by atoms with E-state index in [4.69, 9.17) is 21.1 Å². The van der Waals surface area contributed by atoms with Gasteiger partial charge in [-0.3, -0.25) is 9.59 Å². The molecule has 0 bridgehead atoms. The number of amides is 2. The van der Waals surface area contributed by atoms with Crippen LogP contribution >= 0.6 is 11.6 Å². The second-order valence-corrected chi connectivity index (χ2v) is 6.59. The molecule has 0 atom stereocenters. The van der Waals surface area contributed by atoms with Crippen LogP contribution in [0.3, 0.4) is 0 Å². The van der Waals surface area contributed by atoms with Gasteiger partial charge in [0.25, 0.3) is 0 Å². The normalized spacial score (nSPS) is 10.6. The maximum atomic E-state index is 12.2. The van der Waals surface area contributed by atoms with E-state index in [0.717, 1.165) is 6.42 Å². The molecule has 29 heavy (non-hydrogen) atoms. The Hall–Kier alpha value is -2.99. The number of rotatable bonds is 9. The van der Waals surface area contributed by atoms with Gasteiger partial charge in [0.15, 0.2) is 11.5 Å². The zero-order valence-corrected chi connectivity index (χ0v) is 17.5. The third-order valence-corrected chi connectivity index (χ3v) is 4.15. The average molecular weight is 417 g/mol. The van der Waals surface area contributed by atoms with Crippen LogP contribution in [0.15, 0.2) is 42.5 Å². The first-order chi connectivity index (χ1) is 14.0. The minimum absolute atomic E-state index is 0.0921. The number of anilines is 2. The van der Waals surface area contributed by atoms with Crippen molar-refractivity contribution in [3.05, 3.63) is 53.1 Å². The van der Waals surface area contributed by atoms with Gasteiger partial charge in [0.05, 0.1) is 18.7 Å². The van der Waals surface area contributed by atoms with Crippen molar-refractivity contribution >= 4 is 40.9 Å². The van der Waals surface area contributed by atoms with Crippen molar-refractivity contribution in [1.29, 1.82) is 0 Å². The van der Waals surface area contributed by atoms with Gasteiger partial charge < -0.3 is 20.1 Å². The van der Waals surface area contributed by atoms with E-state index in [1.807, 2.05) is 6.92 Å². The molecule has 0 saturated heterocycles. The summed E-state index contributed by atoms with van der Waals surface area (Å²) in [6.07, 6.45) is 4.27. The molecular formula is C22H25ClN2O4. The Morgan fingerprint density at radius 1 is 1.10 bits per heavy atom. The second-order valence-electron chi connectivity index (χ2n) is 6.19. The van der Waals surface area contributed by atoms with Crippen LogP contribution in [-0.4, -0.2) is 25.5 Å². The summed E-state index contributed by atoms with van der Waals surface area (Å²) in [4.78, 5) is 23.7. The highest BCUT2D eigenvalue weighted by Crippen LogP contribution is 2.36. The van der Waals surface area contributed by atoms with Gasteiger partial charge in [-0.15, -0.1) is 0 Å². The first kappa shape index (κ1) is 22.3. The number of nitrogens with one attached hydrogen (secondary N) is 2. The first-order valence-corrected chi connectivity index (χ1v) is 9.73. The molecule has 0 unspecified atom stereocenters. The third kappa shape index (κ3) is 6.84. The van der Waals surface area contributed by atoms with Crippen LogP contribution in [0.1, 0.15) is 32.3 Å². The number of carbonyl (C=O) groups excluding carboxylic acids is 2. The molecular weight excluding hydrogens is 392 g/mol. The standard InChI is InChI=1S/C22H25ClN2O4/c1-4-11-29-22-18(23)12-15(13-19(22)28-3)9-10-21(27)25-17-8-6-7-16(14-17)24-20(26)5-2/h6-10,12-14H,4-5,11H2,1-3H3,(H,24,26)(H,25,27)/b10-9+. The van der Waals surface area contributed by atoms with Gasteiger partial charge in [0.1, 0.15) is 0 Å². The van der Waals surface area contributed by atoms with Crippen LogP contribution in [0.4, 0.5) is 11.4 Å². The average Bonchev–Trinajstić information content (AvgIpc) is 2.71. The molecule has 0 saturated carbocycles. The van der Waals surface area contributed by atoms with Crippen molar-refractivity contribution in [2.24, 2.45) is 0 Å². The van der Waals surface area contributed by atoms with Gasteiger partial charge in [0, 0.05) is 23.9 Å². The van der Waals surface area contributed by atoms with E-state index in [9.17, 15) is 9.59 Å². The van der Waals surface area contributed by atoms with Gasteiger partial charge in [-0.1, -0.05) is 31.5 Å². The molecule has 154 valence electrons. The lowest BCUT2D eigenvalue weighted by Gasteiger charge is -2.12. The summed E-state index contributed by atoms with van der Waals surface area (Å²) in [6.45, 7) is 4.31.